The first-order valence-electron chi connectivity index (χ1n) is 8.85. The molecule has 0 spiro atoms. The molecular weight excluding hydrogens is 326 g/mol. The lowest BCUT2D eigenvalue weighted by molar-refractivity contribution is 0.220. The zero-order valence-corrected chi connectivity index (χ0v) is 14.5. The van der Waals surface area contributed by atoms with Gasteiger partial charge in [0.2, 0.25) is 0 Å². The highest BCUT2D eigenvalue weighted by atomic mass is 16.2. The number of aromatic nitrogens is 3. The van der Waals surface area contributed by atoms with Crippen LogP contribution in [0.3, 0.4) is 0 Å². The molecule has 0 saturated carbocycles. The minimum absolute atomic E-state index is 0.110. The maximum Gasteiger partial charge on any atom is 0.323 e. The first-order chi connectivity index (χ1) is 12.8. The van der Waals surface area contributed by atoms with E-state index in [0.29, 0.717) is 11.7 Å². The Morgan fingerprint density at radius 3 is 2.58 bits per heavy atom. The van der Waals surface area contributed by atoms with Crippen molar-refractivity contribution < 1.29 is 4.79 Å². The topological polar surface area (TPSA) is 63.1 Å². The number of rotatable bonds is 4. The van der Waals surface area contributed by atoms with E-state index >= 15 is 0 Å². The summed E-state index contributed by atoms with van der Waals surface area (Å²) in [4.78, 5) is 15.9. The van der Waals surface area contributed by atoms with Crippen molar-refractivity contribution >= 4 is 11.8 Å². The van der Waals surface area contributed by atoms with Gasteiger partial charge in [-0.05, 0) is 36.5 Å². The molecule has 1 fully saturated rings. The van der Waals surface area contributed by atoms with Crippen molar-refractivity contribution in [1.29, 1.82) is 0 Å². The molecule has 1 saturated heterocycles. The molecule has 26 heavy (non-hydrogen) atoms. The zero-order valence-electron chi connectivity index (χ0n) is 14.5. The minimum atomic E-state index is -0.110. The molecule has 2 aromatic carbocycles. The summed E-state index contributed by atoms with van der Waals surface area (Å²) in [5, 5.41) is 11.4. The van der Waals surface area contributed by atoms with Crippen molar-refractivity contribution in [2.45, 2.75) is 12.8 Å². The van der Waals surface area contributed by atoms with E-state index in [0.717, 1.165) is 31.6 Å². The van der Waals surface area contributed by atoms with Crippen LogP contribution >= 0.6 is 0 Å². The van der Waals surface area contributed by atoms with Gasteiger partial charge in [-0.3, -0.25) is 5.32 Å². The summed E-state index contributed by atoms with van der Waals surface area (Å²) < 4.78 is 0. The number of carbonyl (C=O) groups is 1. The monoisotopic (exact) mass is 347 g/mol. The SMILES string of the molecule is O=C(Nc1cnn(-c2ccccc2)n1)N1CCC(Cc2ccccc2)C1. The molecule has 2 amide bonds. The molecule has 1 aromatic heterocycles. The Bertz CT molecular complexity index is 862. The van der Waals surface area contributed by atoms with E-state index in [1.165, 1.54) is 10.4 Å². The number of likely N-dealkylation sites (tertiary alicyclic amines) is 1. The van der Waals surface area contributed by atoms with Crippen LogP contribution in [0.1, 0.15) is 12.0 Å². The number of urea groups is 1. The molecular formula is C20H21N5O. The summed E-state index contributed by atoms with van der Waals surface area (Å²) in [7, 11) is 0. The summed E-state index contributed by atoms with van der Waals surface area (Å²) in [6.07, 6.45) is 3.61. The fraction of sp³-hybridized carbons (Fsp3) is 0.250. The van der Waals surface area contributed by atoms with Crippen LogP contribution in [0.5, 0.6) is 0 Å². The number of nitrogens with one attached hydrogen (secondary N) is 1. The number of hydrogen-bond donors (Lipinski definition) is 1. The van der Waals surface area contributed by atoms with Crippen LogP contribution in [0, 0.1) is 5.92 Å². The van der Waals surface area contributed by atoms with Crippen LogP contribution in [-0.2, 0) is 6.42 Å². The molecule has 0 aliphatic carbocycles. The van der Waals surface area contributed by atoms with Crippen LogP contribution in [0.4, 0.5) is 10.6 Å². The van der Waals surface area contributed by atoms with Crippen molar-refractivity contribution in [1.82, 2.24) is 19.9 Å². The summed E-state index contributed by atoms with van der Waals surface area (Å²) in [6, 6.07) is 19.9. The van der Waals surface area contributed by atoms with Gasteiger partial charge >= 0.3 is 6.03 Å². The second kappa shape index (κ2) is 7.39. The lowest BCUT2D eigenvalue weighted by atomic mass is 9.99. The van der Waals surface area contributed by atoms with Gasteiger partial charge in [0.1, 0.15) is 0 Å². The first-order valence-corrected chi connectivity index (χ1v) is 8.85. The number of nitrogens with zero attached hydrogens (tertiary/aromatic N) is 4. The quantitative estimate of drug-likeness (QED) is 0.787. The Kier molecular flexibility index (Phi) is 4.64. The number of anilines is 1. The van der Waals surface area contributed by atoms with E-state index in [1.54, 1.807) is 6.20 Å². The average Bonchev–Trinajstić information content (AvgIpc) is 3.33. The van der Waals surface area contributed by atoms with Gasteiger partial charge < -0.3 is 4.90 Å². The van der Waals surface area contributed by atoms with Gasteiger partial charge in [0.25, 0.3) is 0 Å². The Hall–Kier alpha value is -3.15. The van der Waals surface area contributed by atoms with Gasteiger partial charge in [-0.1, -0.05) is 48.5 Å². The maximum absolute atomic E-state index is 12.5. The van der Waals surface area contributed by atoms with Crippen molar-refractivity contribution in [2.24, 2.45) is 5.92 Å². The molecule has 1 N–H and O–H groups in total. The van der Waals surface area contributed by atoms with Crippen molar-refractivity contribution in [3.05, 3.63) is 72.4 Å². The fourth-order valence-electron chi connectivity index (χ4n) is 3.33. The third kappa shape index (κ3) is 3.74. The third-order valence-corrected chi connectivity index (χ3v) is 4.65. The van der Waals surface area contributed by atoms with Gasteiger partial charge in [-0.25, -0.2) is 4.79 Å². The largest absolute Gasteiger partial charge is 0.324 e. The van der Waals surface area contributed by atoms with Crippen molar-refractivity contribution in [3.63, 3.8) is 0 Å². The average molecular weight is 347 g/mol. The van der Waals surface area contributed by atoms with Crippen LogP contribution in [0.15, 0.2) is 66.9 Å². The van der Waals surface area contributed by atoms with E-state index in [-0.39, 0.29) is 6.03 Å². The Balaban J connectivity index is 1.34. The lowest BCUT2D eigenvalue weighted by Gasteiger charge is -2.16. The molecule has 0 radical (unpaired) electrons. The normalized spacial score (nSPS) is 16.6. The van der Waals surface area contributed by atoms with Gasteiger partial charge in [0.05, 0.1) is 11.9 Å². The molecule has 4 rings (SSSR count). The highest BCUT2D eigenvalue weighted by molar-refractivity contribution is 5.88. The predicted octanol–water partition coefficient (Wildman–Crippen LogP) is 3.36. The molecule has 0 bridgehead atoms. The highest BCUT2D eigenvalue weighted by Crippen LogP contribution is 2.21. The smallest absolute Gasteiger partial charge is 0.323 e. The second-order valence-electron chi connectivity index (χ2n) is 6.58. The number of benzene rings is 2. The number of carbonyl (C=O) groups excluding carboxylic acids is 1. The number of hydrogen-bond acceptors (Lipinski definition) is 3. The van der Waals surface area contributed by atoms with Gasteiger partial charge in [0, 0.05) is 13.1 Å². The Labute approximate surface area is 152 Å². The summed E-state index contributed by atoms with van der Waals surface area (Å²) in [5.74, 6) is 0.966. The Morgan fingerprint density at radius 1 is 1.08 bits per heavy atom. The van der Waals surface area contributed by atoms with Crippen LogP contribution < -0.4 is 5.32 Å². The summed E-state index contributed by atoms with van der Waals surface area (Å²) in [5.41, 5.74) is 2.18. The number of amides is 2. The van der Waals surface area contributed by atoms with Gasteiger partial charge in [-0.15, -0.1) is 9.90 Å². The first kappa shape index (κ1) is 16.3. The van der Waals surface area contributed by atoms with E-state index in [4.69, 9.17) is 0 Å². The Morgan fingerprint density at radius 2 is 1.81 bits per heavy atom. The van der Waals surface area contributed by atoms with Crippen LogP contribution in [-0.4, -0.2) is 39.0 Å². The molecule has 1 unspecified atom stereocenters. The third-order valence-electron chi connectivity index (χ3n) is 4.65. The lowest BCUT2D eigenvalue weighted by Crippen LogP contribution is -2.33. The highest BCUT2D eigenvalue weighted by Gasteiger charge is 2.26. The summed E-state index contributed by atoms with van der Waals surface area (Å²) >= 11 is 0. The van der Waals surface area contributed by atoms with Crippen LogP contribution in [0.2, 0.25) is 0 Å². The minimum Gasteiger partial charge on any atom is -0.324 e. The standard InChI is InChI=1S/C20H21N5O/c26-20(22-19-14-21-25(23-19)18-9-5-2-6-10-18)24-12-11-17(15-24)13-16-7-3-1-4-8-16/h1-10,14,17H,11-13,15H2,(H,22,23,26). The molecule has 1 aliphatic rings. The van der Waals surface area contributed by atoms with Crippen molar-refractivity contribution in [2.75, 3.05) is 18.4 Å². The molecule has 6 nitrogen and oxygen atoms in total. The van der Waals surface area contributed by atoms with Gasteiger partial charge in [0.15, 0.2) is 5.82 Å². The molecule has 132 valence electrons. The molecule has 1 aliphatic heterocycles. The second-order valence-corrected chi connectivity index (χ2v) is 6.58. The van der Waals surface area contributed by atoms with Gasteiger partial charge in [-0.2, -0.15) is 5.10 Å². The fourth-order valence-corrected chi connectivity index (χ4v) is 3.33. The zero-order chi connectivity index (χ0) is 17.8. The predicted molar refractivity (Wildman–Crippen MR) is 100 cm³/mol. The van der Waals surface area contributed by atoms with E-state index < -0.39 is 0 Å². The van der Waals surface area contributed by atoms with E-state index in [9.17, 15) is 4.79 Å². The number of para-hydroxylation sites is 1. The summed E-state index contributed by atoms with van der Waals surface area (Å²) in [6.45, 7) is 1.55. The molecule has 2 heterocycles. The van der Waals surface area contributed by atoms with Crippen molar-refractivity contribution in [3.8, 4) is 5.69 Å². The van der Waals surface area contributed by atoms with E-state index in [2.05, 4.69) is 39.8 Å². The maximum atomic E-state index is 12.5. The molecule has 6 heteroatoms. The molecule has 3 aromatic rings. The molecule has 1 atom stereocenters. The van der Waals surface area contributed by atoms with E-state index in [1.807, 2.05) is 41.3 Å². The van der Waals surface area contributed by atoms with Crippen LogP contribution in [0.25, 0.3) is 5.69 Å².